The van der Waals surface area contributed by atoms with Gasteiger partial charge in [-0.2, -0.15) is 0 Å². The molecular weight excluding hydrogens is 196 g/mol. The van der Waals surface area contributed by atoms with Gasteiger partial charge in [-0.05, 0) is 37.0 Å². The van der Waals surface area contributed by atoms with Crippen LogP contribution in [0.15, 0.2) is 18.2 Å². The van der Waals surface area contributed by atoms with E-state index in [1.54, 1.807) is 0 Å². The predicted octanol–water partition coefficient (Wildman–Crippen LogP) is 4.07. The Kier molecular flexibility index (Phi) is 4.27. The number of halogens is 1. The lowest BCUT2D eigenvalue weighted by atomic mass is 10.1. The van der Waals surface area contributed by atoms with Crippen molar-refractivity contribution in [3.63, 3.8) is 0 Å². The Morgan fingerprint density at radius 2 is 2.07 bits per heavy atom. The van der Waals surface area contributed by atoms with Crippen LogP contribution in [0, 0.1) is 12.8 Å². The lowest BCUT2D eigenvalue weighted by Crippen LogP contribution is -2.01. The maximum atomic E-state index is 5.99. The van der Waals surface area contributed by atoms with Crippen LogP contribution in [0.4, 0.5) is 0 Å². The molecule has 1 rings (SSSR count). The lowest BCUT2D eigenvalue weighted by molar-refractivity contribution is 0.289. The van der Waals surface area contributed by atoms with Gasteiger partial charge in [0.05, 0.1) is 11.6 Å². The van der Waals surface area contributed by atoms with Gasteiger partial charge in [-0.1, -0.05) is 31.5 Å². The molecule has 0 unspecified atom stereocenters. The lowest BCUT2D eigenvalue weighted by Gasteiger charge is -2.09. The minimum atomic E-state index is 0.665. The monoisotopic (exact) mass is 212 g/mol. The van der Waals surface area contributed by atoms with Gasteiger partial charge < -0.3 is 4.74 Å². The van der Waals surface area contributed by atoms with E-state index in [-0.39, 0.29) is 0 Å². The van der Waals surface area contributed by atoms with Crippen LogP contribution in [-0.4, -0.2) is 6.61 Å². The van der Waals surface area contributed by atoms with E-state index < -0.39 is 0 Å². The molecule has 0 saturated heterocycles. The topological polar surface area (TPSA) is 9.23 Å². The first-order valence-electron chi connectivity index (χ1n) is 4.98. The zero-order valence-electron chi connectivity index (χ0n) is 9.01. The normalized spacial score (nSPS) is 10.6. The average Bonchev–Trinajstić information content (AvgIpc) is 2.10. The van der Waals surface area contributed by atoms with Gasteiger partial charge in [0, 0.05) is 0 Å². The fourth-order valence-corrected chi connectivity index (χ4v) is 1.30. The van der Waals surface area contributed by atoms with E-state index in [0.29, 0.717) is 10.9 Å². The van der Waals surface area contributed by atoms with Crippen molar-refractivity contribution >= 4 is 11.6 Å². The third-order valence-corrected chi connectivity index (χ3v) is 2.35. The second-order valence-electron chi connectivity index (χ2n) is 3.96. The Morgan fingerprint density at radius 1 is 1.36 bits per heavy atom. The number of aryl methyl sites for hydroxylation is 1. The summed E-state index contributed by atoms with van der Waals surface area (Å²) in [6.45, 7) is 7.13. The van der Waals surface area contributed by atoms with Crippen molar-refractivity contribution in [2.24, 2.45) is 5.92 Å². The summed E-state index contributed by atoms with van der Waals surface area (Å²) >= 11 is 5.99. The number of benzene rings is 1. The summed E-state index contributed by atoms with van der Waals surface area (Å²) in [6.07, 6.45) is 1.06. The predicted molar refractivity (Wildman–Crippen MR) is 61.1 cm³/mol. The van der Waals surface area contributed by atoms with E-state index in [4.69, 9.17) is 16.3 Å². The molecule has 0 aliphatic heterocycles. The first-order valence-corrected chi connectivity index (χ1v) is 5.36. The molecule has 0 atom stereocenters. The van der Waals surface area contributed by atoms with Crippen molar-refractivity contribution in [1.29, 1.82) is 0 Å². The number of ether oxygens (including phenoxy) is 1. The molecule has 0 heterocycles. The second-order valence-corrected chi connectivity index (χ2v) is 4.37. The minimum Gasteiger partial charge on any atom is -0.492 e. The summed E-state index contributed by atoms with van der Waals surface area (Å²) in [5.41, 5.74) is 1.17. The highest BCUT2D eigenvalue weighted by molar-refractivity contribution is 6.32. The maximum Gasteiger partial charge on any atom is 0.138 e. The van der Waals surface area contributed by atoms with Gasteiger partial charge >= 0.3 is 0 Å². The summed E-state index contributed by atoms with van der Waals surface area (Å²) in [6, 6.07) is 5.84. The molecule has 0 radical (unpaired) electrons. The van der Waals surface area contributed by atoms with Crippen LogP contribution in [0.1, 0.15) is 25.8 Å². The van der Waals surface area contributed by atoms with Crippen LogP contribution in [0.25, 0.3) is 0 Å². The number of hydrogen-bond donors (Lipinski definition) is 0. The highest BCUT2D eigenvalue weighted by Gasteiger charge is 2.01. The van der Waals surface area contributed by atoms with Crippen molar-refractivity contribution < 1.29 is 4.74 Å². The largest absolute Gasteiger partial charge is 0.492 e. The van der Waals surface area contributed by atoms with E-state index in [1.807, 2.05) is 25.1 Å². The van der Waals surface area contributed by atoms with Crippen LogP contribution >= 0.6 is 11.6 Å². The first-order chi connectivity index (χ1) is 6.59. The smallest absolute Gasteiger partial charge is 0.138 e. The Balaban J connectivity index is 2.53. The van der Waals surface area contributed by atoms with Gasteiger partial charge in [-0.15, -0.1) is 0 Å². The Labute approximate surface area is 91.0 Å². The molecule has 0 saturated carbocycles. The quantitative estimate of drug-likeness (QED) is 0.731. The Morgan fingerprint density at radius 3 is 2.71 bits per heavy atom. The fraction of sp³-hybridized carbons (Fsp3) is 0.500. The third-order valence-electron chi connectivity index (χ3n) is 2.04. The average molecular weight is 213 g/mol. The first kappa shape index (κ1) is 11.4. The Bertz CT molecular complexity index is 294. The summed E-state index contributed by atoms with van der Waals surface area (Å²) in [7, 11) is 0. The SMILES string of the molecule is Cc1ccc(Cl)c(OCCC(C)C)c1. The molecule has 1 nitrogen and oxygen atoms in total. The molecule has 0 amide bonds. The summed E-state index contributed by atoms with van der Waals surface area (Å²) in [5, 5.41) is 0.694. The van der Waals surface area contributed by atoms with E-state index in [1.165, 1.54) is 5.56 Å². The van der Waals surface area contributed by atoms with Crippen molar-refractivity contribution in [2.75, 3.05) is 6.61 Å². The van der Waals surface area contributed by atoms with Crippen molar-refractivity contribution in [1.82, 2.24) is 0 Å². The summed E-state index contributed by atoms with van der Waals surface area (Å²) in [4.78, 5) is 0. The highest BCUT2D eigenvalue weighted by Crippen LogP contribution is 2.25. The van der Waals surface area contributed by atoms with Gasteiger partial charge in [0.1, 0.15) is 5.75 Å². The molecule has 0 aliphatic carbocycles. The van der Waals surface area contributed by atoms with E-state index in [9.17, 15) is 0 Å². The van der Waals surface area contributed by atoms with Gasteiger partial charge in [0.15, 0.2) is 0 Å². The molecule has 78 valence electrons. The minimum absolute atomic E-state index is 0.665. The number of hydrogen-bond acceptors (Lipinski definition) is 1. The standard InChI is InChI=1S/C12H17ClO/c1-9(2)6-7-14-12-8-10(3)4-5-11(12)13/h4-5,8-9H,6-7H2,1-3H3. The molecule has 0 bridgehead atoms. The van der Waals surface area contributed by atoms with Gasteiger partial charge in [0.2, 0.25) is 0 Å². The molecule has 0 aromatic heterocycles. The van der Waals surface area contributed by atoms with Crippen LogP contribution in [0.3, 0.4) is 0 Å². The molecule has 0 N–H and O–H groups in total. The number of rotatable bonds is 4. The molecule has 1 aromatic rings. The summed E-state index contributed by atoms with van der Waals surface area (Å²) < 4.78 is 5.60. The molecule has 1 aromatic carbocycles. The summed E-state index contributed by atoms with van der Waals surface area (Å²) in [5.74, 6) is 1.46. The Hall–Kier alpha value is -0.690. The maximum absolute atomic E-state index is 5.99. The molecule has 14 heavy (non-hydrogen) atoms. The van der Waals surface area contributed by atoms with E-state index in [0.717, 1.165) is 18.8 Å². The van der Waals surface area contributed by atoms with Crippen LogP contribution < -0.4 is 4.74 Å². The molecule has 0 aliphatic rings. The highest BCUT2D eigenvalue weighted by atomic mass is 35.5. The van der Waals surface area contributed by atoms with Crippen molar-refractivity contribution in [3.8, 4) is 5.75 Å². The van der Waals surface area contributed by atoms with Gasteiger partial charge in [-0.3, -0.25) is 0 Å². The van der Waals surface area contributed by atoms with Gasteiger partial charge in [-0.25, -0.2) is 0 Å². The van der Waals surface area contributed by atoms with Crippen molar-refractivity contribution in [2.45, 2.75) is 27.2 Å². The molecule has 0 fully saturated rings. The van der Waals surface area contributed by atoms with Gasteiger partial charge in [0.25, 0.3) is 0 Å². The van der Waals surface area contributed by atoms with E-state index >= 15 is 0 Å². The van der Waals surface area contributed by atoms with Crippen LogP contribution in [0.5, 0.6) is 5.75 Å². The zero-order chi connectivity index (χ0) is 10.6. The van der Waals surface area contributed by atoms with Crippen LogP contribution in [0.2, 0.25) is 5.02 Å². The second kappa shape index (κ2) is 5.26. The molecule has 0 spiro atoms. The zero-order valence-corrected chi connectivity index (χ0v) is 9.77. The van der Waals surface area contributed by atoms with E-state index in [2.05, 4.69) is 13.8 Å². The fourth-order valence-electron chi connectivity index (χ4n) is 1.13. The molecule has 2 heteroatoms. The molecular formula is C12H17ClO. The van der Waals surface area contributed by atoms with Crippen LogP contribution in [-0.2, 0) is 0 Å². The van der Waals surface area contributed by atoms with Crippen molar-refractivity contribution in [3.05, 3.63) is 28.8 Å². The third kappa shape index (κ3) is 3.59.